The van der Waals surface area contributed by atoms with Crippen molar-refractivity contribution in [2.24, 2.45) is 11.8 Å². The Bertz CT molecular complexity index is 749. The second-order valence-corrected chi connectivity index (χ2v) is 7.73. The number of anilines is 1. The number of halogens is 1. The molecule has 1 aliphatic rings. The van der Waals surface area contributed by atoms with Crippen LogP contribution in [0.15, 0.2) is 18.2 Å². The molecule has 0 heterocycles. The summed E-state index contributed by atoms with van der Waals surface area (Å²) in [4.78, 5) is 25.5. The lowest BCUT2D eigenvalue weighted by Gasteiger charge is -2.40. The van der Waals surface area contributed by atoms with Crippen molar-refractivity contribution in [3.8, 4) is 18.1 Å². The highest BCUT2D eigenvalue weighted by Crippen LogP contribution is 2.38. The zero-order valence-corrected chi connectivity index (χ0v) is 16.2. The Labute approximate surface area is 159 Å². The van der Waals surface area contributed by atoms with Gasteiger partial charge in [-0.05, 0) is 55.7 Å². The Morgan fingerprint density at radius 3 is 2.46 bits per heavy atom. The van der Waals surface area contributed by atoms with Crippen LogP contribution < -0.4 is 9.64 Å². The van der Waals surface area contributed by atoms with Crippen molar-refractivity contribution in [2.75, 3.05) is 4.90 Å². The van der Waals surface area contributed by atoms with Gasteiger partial charge in [0.2, 0.25) is 0 Å². The van der Waals surface area contributed by atoms with E-state index in [0.717, 1.165) is 17.7 Å². The Hall–Kier alpha value is -2.19. The Kier molecular flexibility index (Phi) is 5.87. The highest BCUT2D eigenvalue weighted by molar-refractivity contribution is 6.32. The van der Waals surface area contributed by atoms with E-state index in [2.05, 4.69) is 6.92 Å². The third-order valence-electron chi connectivity index (χ3n) is 5.15. The summed E-state index contributed by atoms with van der Waals surface area (Å²) >= 11 is 6.33. The first kappa shape index (κ1) is 20.1. The van der Waals surface area contributed by atoms with Crippen molar-refractivity contribution in [2.45, 2.75) is 52.2 Å². The molecule has 2 rings (SSSR count). The van der Waals surface area contributed by atoms with Gasteiger partial charge < -0.3 is 9.84 Å². The van der Waals surface area contributed by atoms with Crippen LogP contribution in [0.1, 0.15) is 40.5 Å². The van der Waals surface area contributed by atoms with Gasteiger partial charge in [-0.2, -0.15) is 0 Å². The number of rotatable bonds is 6. The largest absolute Gasteiger partial charge is 0.489 e. The average molecular weight is 378 g/mol. The molecule has 140 valence electrons. The minimum absolute atomic E-state index is 0.136. The molecule has 0 aliphatic heterocycles. The SMILES string of the molecule is C#CC(=O)N(c1ccc(OC2CC(C)C2)c(Cl)c1)C(C)(C(=O)O)C(C)C. The first-order valence-electron chi connectivity index (χ1n) is 8.61. The van der Waals surface area contributed by atoms with Gasteiger partial charge in [0.1, 0.15) is 11.3 Å². The van der Waals surface area contributed by atoms with Gasteiger partial charge in [-0.3, -0.25) is 9.69 Å². The Balaban J connectivity index is 2.40. The van der Waals surface area contributed by atoms with E-state index in [0.29, 0.717) is 22.4 Å². The average Bonchev–Trinajstić information content (AvgIpc) is 2.54. The summed E-state index contributed by atoms with van der Waals surface area (Å²) in [5.74, 6) is 0.913. The fourth-order valence-corrected chi connectivity index (χ4v) is 3.31. The number of benzene rings is 1. The van der Waals surface area contributed by atoms with Crippen LogP contribution >= 0.6 is 11.6 Å². The molecule has 0 aromatic heterocycles. The quantitative estimate of drug-likeness (QED) is 0.761. The van der Waals surface area contributed by atoms with E-state index in [1.807, 2.05) is 5.92 Å². The van der Waals surface area contributed by atoms with Gasteiger partial charge in [-0.15, -0.1) is 6.42 Å². The van der Waals surface area contributed by atoms with Gasteiger partial charge in [0.05, 0.1) is 11.1 Å². The predicted molar refractivity (Wildman–Crippen MR) is 101 cm³/mol. The Morgan fingerprint density at radius 1 is 1.42 bits per heavy atom. The fourth-order valence-electron chi connectivity index (χ4n) is 3.09. The molecule has 0 saturated heterocycles. The molecular formula is C20H24ClNO4. The van der Waals surface area contributed by atoms with E-state index in [1.165, 1.54) is 13.0 Å². The van der Waals surface area contributed by atoms with Crippen molar-refractivity contribution in [3.05, 3.63) is 23.2 Å². The lowest BCUT2D eigenvalue weighted by molar-refractivity contribution is -0.145. The monoisotopic (exact) mass is 377 g/mol. The number of carbonyl (C=O) groups excluding carboxylic acids is 1. The van der Waals surface area contributed by atoms with E-state index < -0.39 is 17.4 Å². The van der Waals surface area contributed by atoms with Gasteiger partial charge in [0, 0.05) is 5.69 Å². The number of nitrogens with zero attached hydrogens (tertiary/aromatic N) is 1. The first-order chi connectivity index (χ1) is 12.1. The van der Waals surface area contributed by atoms with Crippen molar-refractivity contribution in [1.29, 1.82) is 0 Å². The first-order valence-corrected chi connectivity index (χ1v) is 8.99. The standard InChI is InChI=1S/C20H24ClNO4/c1-6-18(23)22(20(5,12(2)3)19(24)25)14-7-8-17(16(21)11-14)26-15-9-13(4)10-15/h1,7-8,11-13,15H,9-10H2,2-5H3,(H,24,25). The number of amides is 1. The summed E-state index contributed by atoms with van der Waals surface area (Å²) in [5.41, 5.74) is -1.19. The maximum absolute atomic E-state index is 12.4. The molecule has 1 amide bonds. The number of hydrogen-bond donors (Lipinski definition) is 1. The van der Waals surface area contributed by atoms with Crippen LogP contribution in [-0.2, 0) is 9.59 Å². The zero-order chi connectivity index (χ0) is 19.6. The van der Waals surface area contributed by atoms with E-state index in [-0.39, 0.29) is 12.0 Å². The molecule has 1 atom stereocenters. The number of carbonyl (C=O) groups is 2. The van der Waals surface area contributed by atoms with Gasteiger partial charge in [0.25, 0.3) is 0 Å². The van der Waals surface area contributed by atoms with E-state index in [1.54, 1.807) is 26.0 Å². The molecular weight excluding hydrogens is 354 g/mol. The van der Waals surface area contributed by atoms with Gasteiger partial charge in [0.15, 0.2) is 0 Å². The highest BCUT2D eigenvalue weighted by atomic mass is 35.5. The number of hydrogen-bond acceptors (Lipinski definition) is 3. The van der Waals surface area contributed by atoms with Crippen LogP contribution in [-0.4, -0.2) is 28.6 Å². The van der Waals surface area contributed by atoms with Crippen LogP contribution in [0.25, 0.3) is 0 Å². The molecule has 0 radical (unpaired) electrons. The minimum Gasteiger partial charge on any atom is -0.489 e. The number of terminal acetylenes is 1. The molecule has 0 bridgehead atoms. The zero-order valence-electron chi connectivity index (χ0n) is 15.5. The van der Waals surface area contributed by atoms with Crippen molar-refractivity contribution < 1.29 is 19.4 Å². The number of ether oxygens (including phenoxy) is 1. The summed E-state index contributed by atoms with van der Waals surface area (Å²) in [6, 6.07) is 4.79. The molecule has 1 aliphatic carbocycles. The van der Waals surface area contributed by atoms with Crippen LogP contribution in [0.2, 0.25) is 5.02 Å². The summed E-state index contributed by atoms with van der Waals surface area (Å²) in [6.45, 7) is 7.08. The molecule has 26 heavy (non-hydrogen) atoms. The molecule has 1 unspecified atom stereocenters. The summed E-state index contributed by atoms with van der Waals surface area (Å²) < 4.78 is 5.86. The summed E-state index contributed by atoms with van der Waals surface area (Å²) in [5, 5.41) is 10.1. The topological polar surface area (TPSA) is 66.8 Å². The van der Waals surface area contributed by atoms with Gasteiger partial charge >= 0.3 is 11.9 Å². The van der Waals surface area contributed by atoms with Gasteiger partial charge in [-0.1, -0.05) is 32.4 Å². The van der Waals surface area contributed by atoms with Gasteiger partial charge in [-0.25, -0.2) is 4.79 Å². The molecule has 0 spiro atoms. The summed E-state index contributed by atoms with van der Waals surface area (Å²) in [7, 11) is 0. The van der Waals surface area contributed by atoms with Crippen LogP contribution in [0.5, 0.6) is 5.75 Å². The number of carboxylic acid groups (broad SMARTS) is 1. The third kappa shape index (κ3) is 3.66. The lowest BCUT2D eigenvalue weighted by Crippen LogP contribution is -2.58. The second-order valence-electron chi connectivity index (χ2n) is 7.32. The summed E-state index contributed by atoms with van der Waals surface area (Å²) in [6.07, 6.45) is 7.38. The van der Waals surface area contributed by atoms with Crippen molar-refractivity contribution >= 4 is 29.2 Å². The maximum Gasteiger partial charge on any atom is 0.330 e. The van der Waals surface area contributed by atoms with Crippen molar-refractivity contribution in [1.82, 2.24) is 0 Å². The number of aliphatic carboxylic acids is 1. The van der Waals surface area contributed by atoms with E-state index >= 15 is 0 Å². The molecule has 5 nitrogen and oxygen atoms in total. The maximum atomic E-state index is 12.4. The Morgan fingerprint density at radius 2 is 2.04 bits per heavy atom. The fraction of sp³-hybridized carbons (Fsp3) is 0.500. The van der Waals surface area contributed by atoms with Crippen molar-refractivity contribution in [3.63, 3.8) is 0 Å². The molecule has 1 N–H and O–H groups in total. The van der Waals surface area contributed by atoms with Crippen LogP contribution in [0.3, 0.4) is 0 Å². The molecule has 1 fully saturated rings. The predicted octanol–water partition coefficient (Wildman–Crippen LogP) is 3.98. The second kappa shape index (κ2) is 7.59. The molecule has 6 heteroatoms. The molecule has 1 aromatic carbocycles. The minimum atomic E-state index is -1.52. The highest BCUT2D eigenvalue weighted by Gasteiger charge is 2.46. The van der Waals surface area contributed by atoms with Crippen LogP contribution in [0, 0.1) is 24.2 Å². The third-order valence-corrected chi connectivity index (χ3v) is 5.44. The molecule has 1 saturated carbocycles. The lowest BCUT2D eigenvalue weighted by atomic mass is 9.84. The molecule has 1 aromatic rings. The van der Waals surface area contributed by atoms with E-state index in [9.17, 15) is 14.7 Å². The van der Waals surface area contributed by atoms with Crippen LogP contribution in [0.4, 0.5) is 5.69 Å². The van der Waals surface area contributed by atoms with E-state index in [4.69, 9.17) is 22.8 Å². The number of carboxylic acids is 1. The normalized spacial score (nSPS) is 21.3. The smallest absolute Gasteiger partial charge is 0.330 e.